The van der Waals surface area contributed by atoms with E-state index in [2.05, 4.69) is 95.5 Å². The molecule has 0 radical (unpaired) electrons. The monoisotopic (exact) mass is 422 g/mol. The fourth-order valence-electron chi connectivity index (χ4n) is 4.53. The summed E-state index contributed by atoms with van der Waals surface area (Å²) in [5.74, 6) is 0. The maximum Gasteiger partial charge on any atom is 0.152 e. The van der Waals surface area contributed by atoms with Crippen LogP contribution in [-0.4, -0.2) is 55.3 Å². The molecule has 1 fully saturated rings. The van der Waals surface area contributed by atoms with Gasteiger partial charge in [0.2, 0.25) is 0 Å². The highest BCUT2D eigenvalue weighted by molar-refractivity contribution is 8.21. The lowest BCUT2D eigenvalue weighted by molar-refractivity contribution is 0.108. The summed E-state index contributed by atoms with van der Waals surface area (Å²) in [5, 5.41) is 2.86. The molecule has 1 aliphatic rings. The van der Waals surface area contributed by atoms with Crippen molar-refractivity contribution in [3.63, 3.8) is 0 Å². The SMILES string of the molecule is CC(C)N(C(C)C)C1C(=[P+](C(=S)[S-])c2ccccc2)C1N(C(C)C)C(C)C. The third-order valence-electron chi connectivity index (χ3n) is 5.28. The molecule has 0 aromatic heterocycles. The molecule has 0 bridgehead atoms. The summed E-state index contributed by atoms with van der Waals surface area (Å²) in [4.78, 5) is 5.31. The molecule has 2 nitrogen and oxygen atoms in total. The summed E-state index contributed by atoms with van der Waals surface area (Å²) in [5.41, 5.74) is 0. The van der Waals surface area contributed by atoms with Gasteiger partial charge in [0, 0.05) is 24.2 Å². The number of hydrogen-bond acceptors (Lipinski definition) is 4. The minimum absolute atomic E-state index is 0.432. The lowest BCUT2D eigenvalue weighted by Gasteiger charge is -2.34. The predicted molar refractivity (Wildman–Crippen MR) is 130 cm³/mol. The standard InChI is InChI=1S/C22H35N2PS2/c1-14(2)23(15(3)4)19-20(24(16(5)6)17(7)8)21(19)25(22(26)27)18-12-10-9-11-13-18/h9-17,19-20H,1-8H3. The Labute approximate surface area is 178 Å². The van der Waals surface area contributed by atoms with Crippen LogP contribution in [0.2, 0.25) is 0 Å². The second-order valence-corrected chi connectivity index (χ2v) is 12.4. The van der Waals surface area contributed by atoms with Crippen molar-refractivity contribution in [2.24, 2.45) is 0 Å². The smallest absolute Gasteiger partial charge is 0.152 e. The van der Waals surface area contributed by atoms with Crippen LogP contribution >= 0.6 is 19.8 Å². The van der Waals surface area contributed by atoms with E-state index < -0.39 is 7.55 Å². The van der Waals surface area contributed by atoms with Crippen LogP contribution in [0.4, 0.5) is 0 Å². The molecule has 1 aromatic rings. The highest BCUT2D eigenvalue weighted by Gasteiger charge is 2.61. The Hall–Kier alpha value is -0.380. The molecule has 1 aliphatic carbocycles. The first kappa shape index (κ1) is 22.9. The predicted octanol–water partition coefficient (Wildman–Crippen LogP) is 4.79. The summed E-state index contributed by atoms with van der Waals surface area (Å²) < 4.78 is 0.735. The van der Waals surface area contributed by atoms with Gasteiger partial charge in [0.05, 0.1) is 16.0 Å². The van der Waals surface area contributed by atoms with Gasteiger partial charge in [0.1, 0.15) is 5.29 Å². The van der Waals surface area contributed by atoms with Gasteiger partial charge in [-0.05, 0) is 67.5 Å². The van der Waals surface area contributed by atoms with Crippen molar-refractivity contribution in [2.75, 3.05) is 0 Å². The van der Waals surface area contributed by atoms with E-state index >= 15 is 0 Å². The lowest BCUT2D eigenvalue weighted by Crippen LogP contribution is -2.46. The van der Waals surface area contributed by atoms with Crippen molar-refractivity contribution in [1.29, 1.82) is 0 Å². The zero-order valence-electron chi connectivity index (χ0n) is 18.0. The molecule has 0 N–H and O–H groups in total. The largest absolute Gasteiger partial charge is 0.382 e. The minimum Gasteiger partial charge on any atom is -0.382 e. The number of nitrogens with zero attached hydrogens (tertiary/aromatic N) is 2. The van der Waals surface area contributed by atoms with Gasteiger partial charge in [-0.15, -0.1) is 0 Å². The van der Waals surface area contributed by atoms with Crippen LogP contribution in [0.25, 0.3) is 0 Å². The third kappa shape index (κ3) is 4.97. The van der Waals surface area contributed by atoms with E-state index in [1.54, 1.807) is 5.29 Å². The Bertz CT molecular complexity index is 639. The van der Waals surface area contributed by atoms with Crippen LogP contribution in [0.3, 0.4) is 0 Å². The van der Waals surface area contributed by atoms with Gasteiger partial charge in [-0.1, -0.05) is 18.2 Å². The molecule has 2 rings (SSSR count). The zero-order valence-corrected chi connectivity index (χ0v) is 20.5. The molecule has 0 spiro atoms. The van der Waals surface area contributed by atoms with Gasteiger partial charge in [-0.2, -0.15) is 0 Å². The average molecular weight is 423 g/mol. The fourth-order valence-corrected chi connectivity index (χ4v) is 7.99. The van der Waals surface area contributed by atoms with E-state index in [0.717, 1.165) is 3.94 Å². The van der Waals surface area contributed by atoms with Gasteiger partial charge >= 0.3 is 0 Å². The Balaban J connectivity index is 2.66. The third-order valence-corrected chi connectivity index (χ3v) is 8.60. The van der Waals surface area contributed by atoms with E-state index in [4.69, 9.17) is 24.8 Å². The van der Waals surface area contributed by atoms with Gasteiger partial charge in [-0.3, -0.25) is 9.80 Å². The van der Waals surface area contributed by atoms with Crippen molar-refractivity contribution >= 4 is 46.9 Å². The molecule has 0 amide bonds. The average Bonchev–Trinajstić information content (AvgIpc) is 3.20. The summed E-state index contributed by atoms with van der Waals surface area (Å²) in [6, 6.07) is 13.5. The maximum absolute atomic E-state index is 5.64. The molecular weight excluding hydrogens is 387 g/mol. The number of rotatable bonds is 8. The molecule has 0 saturated heterocycles. The molecule has 0 heterocycles. The minimum atomic E-state index is -0.726. The quantitative estimate of drug-likeness (QED) is 0.338. The second kappa shape index (κ2) is 9.41. The Morgan fingerprint density at radius 3 is 1.48 bits per heavy atom. The van der Waals surface area contributed by atoms with Crippen LogP contribution in [0.1, 0.15) is 55.4 Å². The first-order valence-electron chi connectivity index (χ1n) is 10.1. The van der Waals surface area contributed by atoms with E-state index in [0.29, 0.717) is 36.3 Å². The topological polar surface area (TPSA) is 6.48 Å². The second-order valence-electron chi connectivity index (χ2n) is 8.52. The van der Waals surface area contributed by atoms with Crippen molar-refractivity contribution in [3.05, 3.63) is 30.3 Å². The van der Waals surface area contributed by atoms with Crippen molar-refractivity contribution in [2.45, 2.75) is 91.6 Å². The van der Waals surface area contributed by atoms with Crippen molar-refractivity contribution in [1.82, 2.24) is 9.80 Å². The van der Waals surface area contributed by atoms with Crippen LogP contribution in [0.15, 0.2) is 30.3 Å². The Kier molecular flexibility index (Phi) is 7.98. The fraction of sp³-hybridized carbons (Fsp3) is 0.636. The molecule has 3 atom stereocenters. The maximum atomic E-state index is 5.64. The molecular formula is C22H35N2PS2. The van der Waals surface area contributed by atoms with Crippen molar-refractivity contribution < 1.29 is 0 Å². The Morgan fingerprint density at radius 1 is 0.815 bits per heavy atom. The molecule has 0 aliphatic heterocycles. The summed E-state index contributed by atoms with van der Waals surface area (Å²) in [6.07, 6.45) is 0. The van der Waals surface area contributed by atoms with E-state index in [-0.39, 0.29) is 0 Å². The van der Waals surface area contributed by atoms with Crippen molar-refractivity contribution in [3.8, 4) is 0 Å². The molecule has 3 unspecified atom stereocenters. The molecule has 27 heavy (non-hydrogen) atoms. The van der Waals surface area contributed by atoms with Gasteiger partial charge in [0.25, 0.3) is 0 Å². The summed E-state index contributed by atoms with van der Waals surface area (Å²) in [6.45, 7) is 18.4. The van der Waals surface area contributed by atoms with Crippen LogP contribution in [-0.2, 0) is 12.6 Å². The molecule has 5 heteroatoms. The molecule has 1 saturated carbocycles. The lowest BCUT2D eigenvalue weighted by atomic mass is 10.2. The van der Waals surface area contributed by atoms with Crippen LogP contribution in [0.5, 0.6) is 0 Å². The van der Waals surface area contributed by atoms with Crippen LogP contribution < -0.4 is 5.30 Å². The molecule has 150 valence electrons. The van der Waals surface area contributed by atoms with Gasteiger partial charge < -0.3 is 24.8 Å². The summed E-state index contributed by atoms with van der Waals surface area (Å²) in [7, 11) is -0.726. The van der Waals surface area contributed by atoms with E-state index in [1.165, 1.54) is 5.30 Å². The Morgan fingerprint density at radius 2 is 1.19 bits per heavy atom. The first-order chi connectivity index (χ1) is 12.6. The number of hydrogen-bond donors (Lipinski definition) is 0. The highest BCUT2D eigenvalue weighted by Crippen LogP contribution is 2.45. The first-order valence-corrected chi connectivity index (χ1v) is 12.2. The van der Waals surface area contributed by atoms with Gasteiger partial charge in [0.15, 0.2) is 12.8 Å². The highest BCUT2D eigenvalue weighted by atomic mass is 32.1. The molecule has 1 aromatic carbocycles. The number of thiocarbonyl (C=S) groups is 1. The van der Waals surface area contributed by atoms with Gasteiger partial charge in [-0.25, -0.2) is 0 Å². The number of benzene rings is 1. The van der Waals surface area contributed by atoms with E-state index in [9.17, 15) is 0 Å². The van der Waals surface area contributed by atoms with E-state index in [1.807, 2.05) is 0 Å². The normalized spacial score (nSPS) is 20.5. The van der Waals surface area contributed by atoms with Crippen LogP contribution in [0, 0.1) is 0 Å². The summed E-state index contributed by atoms with van der Waals surface area (Å²) >= 11 is 11.3. The zero-order chi connectivity index (χ0) is 20.5.